The van der Waals surface area contributed by atoms with Gasteiger partial charge in [0.25, 0.3) is 0 Å². The molecule has 132 valence electrons. The molecule has 25 heavy (non-hydrogen) atoms. The van der Waals surface area contributed by atoms with Crippen molar-refractivity contribution in [1.82, 2.24) is 0 Å². The van der Waals surface area contributed by atoms with Crippen LogP contribution in [0.3, 0.4) is 0 Å². The van der Waals surface area contributed by atoms with Gasteiger partial charge < -0.3 is 0 Å². The molecular formula is C18H15AlF6. The van der Waals surface area contributed by atoms with E-state index in [1.165, 1.54) is 0 Å². The molecule has 3 atom stereocenters. The maximum absolute atomic E-state index is 15.7. The van der Waals surface area contributed by atoms with Crippen LogP contribution in [0.25, 0.3) is 0 Å². The predicted molar refractivity (Wildman–Crippen MR) is 86.1 cm³/mol. The Morgan fingerprint density at radius 3 is 1.12 bits per heavy atom. The molecule has 3 aliphatic rings. The summed E-state index contributed by atoms with van der Waals surface area (Å²) in [5.41, 5.74) is 0. The van der Waals surface area contributed by atoms with Gasteiger partial charge in [-0.3, -0.25) is 13.2 Å². The van der Waals surface area contributed by atoms with Crippen molar-refractivity contribution < 1.29 is 26.3 Å². The van der Waals surface area contributed by atoms with Crippen LogP contribution in [0.5, 0.6) is 0 Å². The van der Waals surface area contributed by atoms with E-state index < -0.39 is 64.5 Å². The molecule has 0 saturated carbocycles. The van der Waals surface area contributed by atoms with Crippen LogP contribution in [0, 0.1) is 0 Å². The summed E-state index contributed by atoms with van der Waals surface area (Å²) < 4.78 is 80.2. The first-order valence-corrected chi connectivity index (χ1v) is 9.59. The zero-order chi connectivity index (χ0) is 18.3. The van der Waals surface area contributed by atoms with E-state index in [-0.39, 0.29) is 0 Å². The van der Waals surface area contributed by atoms with Gasteiger partial charge in [-0.2, -0.15) is 0 Å². The maximum Gasteiger partial charge on any atom is 0.446 e. The molecule has 3 rings (SSSR count). The lowest BCUT2D eigenvalue weighted by Crippen LogP contribution is -2.66. The Kier molecular flexibility index (Phi) is 4.67. The van der Waals surface area contributed by atoms with Crippen molar-refractivity contribution in [2.45, 2.75) is 32.9 Å². The molecule has 7 heteroatoms. The van der Waals surface area contributed by atoms with Gasteiger partial charge in [0.2, 0.25) is 0 Å². The van der Waals surface area contributed by atoms with Gasteiger partial charge in [-0.05, 0) is 18.2 Å². The molecule has 0 fully saturated rings. The van der Waals surface area contributed by atoms with Crippen LogP contribution in [0.4, 0.5) is 26.3 Å². The molecule has 0 saturated heterocycles. The van der Waals surface area contributed by atoms with Gasteiger partial charge in [0.1, 0.15) is 17.5 Å². The molecule has 0 heterocycles. The second kappa shape index (κ2) is 6.37. The van der Waals surface area contributed by atoms with Crippen LogP contribution in [0.1, 0.15) is 19.3 Å². The molecule has 0 aliphatic heterocycles. The summed E-state index contributed by atoms with van der Waals surface area (Å²) >= 11 is -4.04. The lowest BCUT2D eigenvalue weighted by molar-refractivity contribution is 0.206. The number of hydrogen-bond acceptors (Lipinski definition) is 0. The summed E-state index contributed by atoms with van der Waals surface area (Å²) in [5, 5.41) is 0. The number of halogens is 6. The number of alkyl halides is 3. The topological polar surface area (TPSA) is 0 Å². The van der Waals surface area contributed by atoms with E-state index in [2.05, 4.69) is 0 Å². The average Bonchev–Trinajstić information content (AvgIpc) is 2.44. The third kappa shape index (κ3) is 3.45. The second-order valence-corrected chi connectivity index (χ2v) is 10.4. The maximum atomic E-state index is 15.7. The van der Waals surface area contributed by atoms with E-state index in [9.17, 15) is 13.2 Å². The van der Waals surface area contributed by atoms with E-state index in [0.29, 0.717) is 0 Å². The Labute approximate surface area is 146 Å². The highest BCUT2D eigenvalue weighted by atomic mass is 27.2. The van der Waals surface area contributed by atoms with Crippen molar-refractivity contribution in [2.24, 2.45) is 0 Å². The average molecular weight is 372 g/mol. The minimum Gasteiger partial charge on any atom is -0.256 e. The summed E-state index contributed by atoms with van der Waals surface area (Å²) in [6.07, 6.45) is 6.45. The van der Waals surface area contributed by atoms with Crippen LogP contribution in [-0.4, -0.2) is 27.7 Å². The van der Waals surface area contributed by atoms with Gasteiger partial charge in [0.05, 0.1) is 13.6 Å². The number of hydrogen-bond donors (Lipinski definition) is 0. The highest BCUT2D eigenvalue weighted by Crippen LogP contribution is 2.48. The Hall–Kier alpha value is -1.45. The molecule has 3 unspecified atom stereocenters. The molecule has 0 nitrogen and oxygen atoms in total. The quantitative estimate of drug-likeness (QED) is 0.443. The van der Waals surface area contributed by atoms with E-state index in [1.807, 2.05) is 0 Å². The van der Waals surface area contributed by atoms with Crippen molar-refractivity contribution in [2.75, 3.05) is 0 Å². The largest absolute Gasteiger partial charge is 0.446 e. The minimum absolute atomic E-state index is 0.837. The van der Waals surface area contributed by atoms with Crippen molar-refractivity contribution in [3.63, 3.8) is 0 Å². The molecule has 0 aromatic carbocycles. The summed E-state index contributed by atoms with van der Waals surface area (Å²) in [4.78, 5) is 0. The highest BCUT2D eigenvalue weighted by Gasteiger charge is 2.68. The van der Waals surface area contributed by atoms with Gasteiger partial charge in [0, 0.05) is 19.3 Å². The number of allylic oxidation sites excluding steroid dienone is 12. The first-order valence-electron chi connectivity index (χ1n) is 7.85. The smallest absolute Gasteiger partial charge is 0.256 e. The SMILES string of the molecule is FC1=CC=C[C](F)([Al]([C]2(F)C=CC=C(F)C2)[C]2(F)C=CC=C(F)C2)C1. The van der Waals surface area contributed by atoms with Gasteiger partial charge in [0.15, 0.2) is 0 Å². The first-order chi connectivity index (χ1) is 11.7. The van der Waals surface area contributed by atoms with E-state index in [0.717, 1.165) is 54.7 Å². The Morgan fingerprint density at radius 1 is 0.600 bits per heavy atom. The zero-order valence-corrected chi connectivity index (χ0v) is 14.3. The third-order valence-corrected chi connectivity index (χ3v) is 8.78. The fourth-order valence-corrected chi connectivity index (χ4v) is 8.36. The van der Waals surface area contributed by atoms with Crippen LogP contribution >= 0.6 is 0 Å². The lowest BCUT2D eigenvalue weighted by atomic mass is 10.1. The number of rotatable bonds is 3. The monoisotopic (exact) mass is 372 g/mol. The Bertz CT molecular complexity index is 649. The molecule has 3 aliphatic carbocycles. The van der Waals surface area contributed by atoms with Crippen molar-refractivity contribution >= 4 is 14.1 Å². The van der Waals surface area contributed by atoms with Crippen LogP contribution in [0.2, 0.25) is 0 Å². The van der Waals surface area contributed by atoms with E-state index in [1.54, 1.807) is 0 Å². The Morgan fingerprint density at radius 2 is 0.880 bits per heavy atom. The summed E-state index contributed by atoms with van der Waals surface area (Å²) in [7, 11) is 0. The first kappa shape index (κ1) is 18.3. The summed E-state index contributed by atoms with van der Waals surface area (Å²) in [6.45, 7) is 0. The standard InChI is InChI=1S/3C6H5F2.Al/c3*7-5-2-1-3-6(8)4-5;/h3*1-3H,4H2;. The lowest BCUT2D eigenvalue weighted by Gasteiger charge is -2.43. The second-order valence-electron chi connectivity index (χ2n) is 6.66. The van der Waals surface area contributed by atoms with Gasteiger partial charge in [-0.1, -0.05) is 36.5 Å². The fourth-order valence-electron chi connectivity index (χ4n) is 3.86. The molecule has 0 amide bonds. The van der Waals surface area contributed by atoms with Crippen LogP contribution < -0.4 is 0 Å². The van der Waals surface area contributed by atoms with Crippen LogP contribution in [-0.2, 0) is 0 Å². The predicted octanol–water partition coefficient (Wildman–Crippen LogP) is 5.66. The van der Waals surface area contributed by atoms with Gasteiger partial charge in [-0.15, -0.1) is 0 Å². The van der Waals surface area contributed by atoms with Gasteiger partial charge in [-0.25, -0.2) is 13.2 Å². The molecule has 0 bridgehead atoms. The molecule has 0 spiro atoms. The van der Waals surface area contributed by atoms with E-state index >= 15 is 13.2 Å². The van der Waals surface area contributed by atoms with Crippen molar-refractivity contribution in [3.8, 4) is 0 Å². The van der Waals surface area contributed by atoms with Crippen molar-refractivity contribution in [3.05, 3.63) is 72.2 Å². The molecule has 0 N–H and O–H groups in total. The van der Waals surface area contributed by atoms with Crippen molar-refractivity contribution in [1.29, 1.82) is 0 Å². The summed E-state index contributed by atoms with van der Waals surface area (Å²) in [5.74, 6) is -2.58. The molecule has 0 aromatic heterocycles. The Balaban J connectivity index is 2.10. The van der Waals surface area contributed by atoms with Gasteiger partial charge >= 0.3 is 14.1 Å². The molecule has 0 radical (unpaired) electrons. The van der Waals surface area contributed by atoms with Crippen LogP contribution in [0.15, 0.2) is 72.2 Å². The zero-order valence-electron chi connectivity index (χ0n) is 13.2. The van der Waals surface area contributed by atoms with E-state index in [4.69, 9.17) is 0 Å². The normalized spacial score (nSPS) is 37.4. The summed E-state index contributed by atoms with van der Waals surface area (Å²) in [6, 6.07) is 0. The fraction of sp³-hybridized carbons (Fsp3) is 0.333. The molecule has 0 aromatic rings. The molecular weight excluding hydrogens is 357 g/mol. The highest BCUT2D eigenvalue weighted by molar-refractivity contribution is 6.70. The third-order valence-electron chi connectivity index (χ3n) is 4.71. The minimum atomic E-state index is -4.04.